The SMILES string of the molecule is CCCCCCCC1C[C@]1(NC(=O)[C@@H]1C[C@@H](Oc2cc(-c3csc(NC(C)C)n3)nc3cc(OC)ccc23)CN1C(=O)CNC(=O)NC(CN(C)S(=O)(=O)c1ccccc1)C(C)(C)C)C(=O)O. The van der Waals surface area contributed by atoms with Gasteiger partial charge in [-0.05, 0) is 62.3 Å². The molecule has 4 aromatic rings. The number of likely N-dealkylation sites (N-methyl/N-ethyl adjacent to an activating group) is 1. The Morgan fingerprint density at radius 2 is 1.75 bits per heavy atom. The molecule has 364 valence electrons. The first-order chi connectivity index (χ1) is 31.7. The molecule has 1 aliphatic heterocycles. The number of amides is 4. The van der Waals surface area contributed by atoms with Crippen molar-refractivity contribution >= 4 is 61.2 Å². The second-order valence-electron chi connectivity index (χ2n) is 19.0. The van der Waals surface area contributed by atoms with Crippen LogP contribution in [0.15, 0.2) is 64.9 Å². The third-order valence-corrected chi connectivity index (χ3v) is 15.1. The molecule has 2 aromatic heterocycles. The Labute approximate surface area is 397 Å². The van der Waals surface area contributed by atoms with Gasteiger partial charge in [0.25, 0.3) is 0 Å². The van der Waals surface area contributed by atoms with Crippen LogP contribution in [0.3, 0.4) is 0 Å². The van der Waals surface area contributed by atoms with E-state index in [0.717, 1.165) is 37.2 Å². The van der Waals surface area contributed by atoms with E-state index in [1.54, 1.807) is 43.5 Å². The predicted octanol–water partition coefficient (Wildman–Crippen LogP) is 6.89. The average Bonchev–Trinajstić information content (AvgIpc) is 3.54. The lowest BCUT2D eigenvalue weighted by Gasteiger charge is -2.34. The summed E-state index contributed by atoms with van der Waals surface area (Å²) in [5.41, 5.74) is -0.314. The van der Waals surface area contributed by atoms with Crippen molar-refractivity contribution in [1.29, 1.82) is 0 Å². The second-order valence-corrected chi connectivity index (χ2v) is 21.9. The molecule has 4 amide bonds. The van der Waals surface area contributed by atoms with Crippen LogP contribution in [0.25, 0.3) is 22.3 Å². The van der Waals surface area contributed by atoms with Crippen molar-refractivity contribution in [3.8, 4) is 22.9 Å². The Bertz CT molecular complexity index is 2500. The number of carboxylic acid groups (broad SMARTS) is 1. The van der Waals surface area contributed by atoms with E-state index in [1.807, 2.05) is 46.1 Å². The number of aromatic nitrogens is 2. The molecule has 2 unspecified atom stereocenters. The smallest absolute Gasteiger partial charge is 0.329 e. The Kier molecular flexibility index (Phi) is 16.4. The van der Waals surface area contributed by atoms with Crippen molar-refractivity contribution < 1.29 is 42.2 Å². The van der Waals surface area contributed by atoms with E-state index >= 15 is 0 Å². The number of sulfonamides is 1. The van der Waals surface area contributed by atoms with Gasteiger partial charge in [0.05, 0.1) is 36.3 Å². The molecule has 0 spiro atoms. The first-order valence-electron chi connectivity index (χ1n) is 23.0. The summed E-state index contributed by atoms with van der Waals surface area (Å²) in [4.78, 5) is 65.9. The van der Waals surface area contributed by atoms with Gasteiger partial charge in [0.15, 0.2) is 5.13 Å². The van der Waals surface area contributed by atoms with E-state index in [2.05, 4.69) is 28.2 Å². The van der Waals surface area contributed by atoms with Gasteiger partial charge in [0.2, 0.25) is 21.8 Å². The van der Waals surface area contributed by atoms with Gasteiger partial charge in [-0.15, -0.1) is 11.3 Å². The van der Waals surface area contributed by atoms with E-state index in [1.165, 1.54) is 39.7 Å². The molecule has 2 aromatic carbocycles. The van der Waals surface area contributed by atoms with Crippen LogP contribution in [0, 0.1) is 11.3 Å². The van der Waals surface area contributed by atoms with Crippen LogP contribution in [0.4, 0.5) is 9.93 Å². The molecule has 2 fully saturated rings. The molecule has 1 aliphatic carbocycles. The molecule has 67 heavy (non-hydrogen) atoms. The third kappa shape index (κ3) is 12.5. The number of rotatable bonds is 22. The molecule has 5 N–H and O–H groups in total. The molecule has 0 radical (unpaired) electrons. The van der Waals surface area contributed by atoms with Crippen LogP contribution < -0.4 is 30.7 Å². The van der Waals surface area contributed by atoms with Gasteiger partial charge < -0.3 is 40.7 Å². The second kappa shape index (κ2) is 21.6. The first-order valence-corrected chi connectivity index (χ1v) is 25.4. The average molecular weight is 963 g/mol. The van der Waals surface area contributed by atoms with Crippen molar-refractivity contribution in [1.82, 2.24) is 35.1 Å². The van der Waals surface area contributed by atoms with E-state index in [0.29, 0.717) is 46.6 Å². The van der Waals surface area contributed by atoms with Gasteiger partial charge in [-0.2, -0.15) is 4.31 Å². The van der Waals surface area contributed by atoms with Gasteiger partial charge in [-0.1, -0.05) is 78.0 Å². The lowest BCUT2D eigenvalue weighted by atomic mass is 9.87. The molecule has 0 bridgehead atoms. The van der Waals surface area contributed by atoms with Crippen LogP contribution in [-0.4, -0.2) is 120 Å². The van der Waals surface area contributed by atoms with Crippen molar-refractivity contribution in [2.45, 2.75) is 128 Å². The summed E-state index contributed by atoms with van der Waals surface area (Å²) in [5.74, 6) is -1.55. The molecular formula is C48H66N8O9S2. The number of aliphatic carboxylic acids is 1. The quantitative estimate of drug-likeness (QED) is 0.0509. The highest BCUT2D eigenvalue weighted by atomic mass is 32.2. The predicted molar refractivity (Wildman–Crippen MR) is 259 cm³/mol. The van der Waals surface area contributed by atoms with Crippen LogP contribution in [0.5, 0.6) is 11.5 Å². The first kappa shape index (κ1) is 50.9. The molecule has 1 saturated carbocycles. The van der Waals surface area contributed by atoms with Crippen LogP contribution >= 0.6 is 11.3 Å². The zero-order valence-corrected chi connectivity index (χ0v) is 41.4. The normalized spacial score (nSPS) is 19.9. The molecule has 5 atom stereocenters. The number of nitrogens with zero attached hydrogens (tertiary/aromatic N) is 4. The lowest BCUT2D eigenvalue weighted by molar-refractivity contribution is -0.145. The Balaban J connectivity index is 1.22. The highest BCUT2D eigenvalue weighted by molar-refractivity contribution is 7.89. The minimum Gasteiger partial charge on any atom is -0.497 e. The molecular weight excluding hydrogens is 897 g/mol. The highest BCUT2D eigenvalue weighted by Crippen LogP contribution is 2.47. The van der Waals surface area contributed by atoms with E-state index in [-0.39, 0.29) is 36.4 Å². The fourth-order valence-corrected chi connectivity index (χ4v) is 10.5. The van der Waals surface area contributed by atoms with Crippen LogP contribution in [-0.2, 0) is 24.4 Å². The molecule has 6 rings (SSSR count). The number of hydrogen-bond donors (Lipinski definition) is 5. The number of anilines is 1. The summed E-state index contributed by atoms with van der Waals surface area (Å²) in [6, 6.07) is 12.8. The van der Waals surface area contributed by atoms with Crippen LogP contribution in [0.2, 0.25) is 0 Å². The number of methoxy groups -OCH3 is 1. The summed E-state index contributed by atoms with van der Waals surface area (Å²) in [7, 11) is -0.863. The Morgan fingerprint density at radius 1 is 1.01 bits per heavy atom. The summed E-state index contributed by atoms with van der Waals surface area (Å²) >= 11 is 1.44. The number of likely N-dealkylation sites (tertiary alicyclic amines) is 1. The molecule has 3 heterocycles. The van der Waals surface area contributed by atoms with E-state index < -0.39 is 69.5 Å². The summed E-state index contributed by atoms with van der Waals surface area (Å²) in [6.45, 7) is 11.1. The van der Waals surface area contributed by atoms with Gasteiger partial charge >= 0.3 is 12.0 Å². The maximum atomic E-state index is 14.3. The van der Waals surface area contributed by atoms with Gasteiger partial charge in [0.1, 0.15) is 34.9 Å². The van der Waals surface area contributed by atoms with Crippen molar-refractivity contribution in [3.63, 3.8) is 0 Å². The fourth-order valence-electron chi connectivity index (χ4n) is 8.40. The maximum Gasteiger partial charge on any atom is 0.329 e. The number of nitrogens with one attached hydrogen (secondary N) is 4. The minimum absolute atomic E-state index is 0.0317. The zero-order chi connectivity index (χ0) is 48.7. The number of fused-ring (bicyclic) bond motifs is 1. The van der Waals surface area contributed by atoms with E-state index in [9.17, 15) is 32.7 Å². The number of unbranched alkanes of at least 4 members (excludes halogenated alkanes) is 4. The number of urea groups is 1. The largest absolute Gasteiger partial charge is 0.497 e. The standard InChI is InChI=1S/C48H66N8O9S2/c1-9-10-11-12-14-17-31-25-48(31,44(59)60)54-43(58)39-23-33(65-40-24-37(38-29-66-46(52-38)50-30(2)3)51-36-22-32(64-8)20-21-35(36)40)27-56(39)42(57)26-49-45(61)53-41(47(4,5)6)28-55(7)67(62,63)34-18-15-13-16-19-34/h13,15-16,18-22,24,29-31,33,39,41H,9-12,14,17,23,25-28H2,1-8H3,(H,50,52)(H,54,58)(H,59,60)(H2,49,53,61)/t31?,33-,39+,41?,48-/m1/s1. The van der Waals surface area contributed by atoms with Crippen molar-refractivity contribution in [2.24, 2.45) is 11.3 Å². The third-order valence-electron chi connectivity index (χ3n) is 12.5. The van der Waals surface area contributed by atoms with E-state index in [4.69, 9.17) is 19.4 Å². The number of hydrogen-bond acceptors (Lipinski definition) is 12. The van der Waals surface area contributed by atoms with Crippen LogP contribution in [0.1, 0.15) is 92.9 Å². The van der Waals surface area contributed by atoms with Gasteiger partial charge in [0, 0.05) is 55.0 Å². The number of carbonyl (C=O) groups is 4. The van der Waals surface area contributed by atoms with Crippen molar-refractivity contribution in [3.05, 3.63) is 60.0 Å². The Morgan fingerprint density at radius 3 is 2.42 bits per heavy atom. The zero-order valence-electron chi connectivity index (χ0n) is 39.8. The fraction of sp³-hybridized carbons (Fsp3) is 0.542. The number of carbonyl (C=O) groups excluding carboxylic acids is 3. The molecule has 19 heteroatoms. The number of carboxylic acids is 1. The molecule has 1 saturated heterocycles. The summed E-state index contributed by atoms with van der Waals surface area (Å²) in [5, 5.41) is 25.3. The van der Waals surface area contributed by atoms with Crippen molar-refractivity contribution in [2.75, 3.05) is 39.1 Å². The Hall–Kier alpha value is -5.53. The highest BCUT2D eigenvalue weighted by Gasteiger charge is 2.62. The summed E-state index contributed by atoms with van der Waals surface area (Å²) < 4.78 is 40.1. The molecule has 2 aliphatic rings. The number of ether oxygens (including phenoxy) is 2. The maximum absolute atomic E-state index is 14.3. The summed E-state index contributed by atoms with van der Waals surface area (Å²) in [6.07, 6.45) is 5.35. The van der Waals surface area contributed by atoms with Gasteiger partial charge in [-0.3, -0.25) is 9.59 Å². The topological polar surface area (TPSA) is 221 Å². The number of pyridine rings is 1. The minimum atomic E-state index is -3.87. The number of thiazole rings is 1. The van der Waals surface area contributed by atoms with Gasteiger partial charge in [-0.25, -0.2) is 28.0 Å². The monoisotopic (exact) mass is 962 g/mol. The number of benzene rings is 2. The lowest BCUT2D eigenvalue weighted by Crippen LogP contribution is -2.56. The molecule has 17 nitrogen and oxygen atoms in total.